The van der Waals surface area contributed by atoms with Crippen molar-refractivity contribution < 1.29 is 9.84 Å². The van der Waals surface area contributed by atoms with Gasteiger partial charge in [0.15, 0.2) is 0 Å². The van der Waals surface area contributed by atoms with E-state index in [4.69, 9.17) is 4.74 Å². The van der Waals surface area contributed by atoms with Gasteiger partial charge in [-0.3, -0.25) is 0 Å². The second-order valence-electron chi connectivity index (χ2n) is 5.14. The minimum atomic E-state index is -0.347. The van der Waals surface area contributed by atoms with Crippen LogP contribution in [0.1, 0.15) is 18.1 Å². The third-order valence-electron chi connectivity index (χ3n) is 3.05. The molecule has 0 aliphatic heterocycles. The quantitative estimate of drug-likeness (QED) is 0.692. The molecule has 2 rings (SSSR count). The van der Waals surface area contributed by atoms with Gasteiger partial charge in [0.2, 0.25) is 0 Å². The van der Waals surface area contributed by atoms with Crippen LogP contribution in [-0.4, -0.2) is 17.8 Å². The number of nitrogens with one attached hydrogen (secondary N) is 1. The molecule has 5 heteroatoms. The van der Waals surface area contributed by atoms with Crippen LogP contribution < -0.4 is 10.1 Å². The fourth-order valence-electron chi connectivity index (χ4n) is 2.01. The number of rotatable bonds is 7. The van der Waals surface area contributed by atoms with Crippen molar-refractivity contribution in [3.8, 4) is 5.75 Å². The van der Waals surface area contributed by atoms with Crippen LogP contribution in [0, 0.1) is 0 Å². The van der Waals surface area contributed by atoms with Gasteiger partial charge in [0.1, 0.15) is 12.4 Å². The fourth-order valence-corrected chi connectivity index (χ4v) is 3.52. The second-order valence-corrected chi connectivity index (χ2v) is 6.85. The van der Waals surface area contributed by atoms with Crippen LogP contribution in [0.4, 0.5) is 0 Å². The first kappa shape index (κ1) is 17.5. The molecule has 0 fully saturated rings. The molecular weight excluding hydrogens is 410 g/mol. The zero-order valence-electron chi connectivity index (χ0n) is 12.4. The maximum Gasteiger partial charge on any atom is 0.148 e. The lowest BCUT2D eigenvalue weighted by Crippen LogP contribution is -2.23. The van der Waals surface area contributed by atoms with Crippen LogP contribution in [0.5, 0.6) is 5.75 Å². The summed E-state index contributed by atoms with van der Waals surface area (Å²) in [7, 11) is 0. The Morgan fingerprint density at radius 1 is 1.09 bits per heavy atom. The largest absolute Gasteiger partial charge is 0.487 e. The topological polar surface area (TPSA) is 41.5 Å². The van der Waals surface area contributed by atoms with Gasteiger partial charge in [-0.15, -0.1) is 0 Å². The van der Waals surface area contributed by atoms with E-state index in [1.807, 2.05) is 42.5 Å². The van der Waals surface area contributed by atoms with E-state index >= 15 is 0 Å². The van der Waals surface area contributed by atoms with Gasteiger partial charge in [0, 0.05) is 13.1 Å². The first-order chi connectivity index (χ1) is 10.6. The van der Waals surface area contributed by atoms with Gasteiger partial charge in [0.25, 0.3) is 0 Å². The highest BCUT2D eigenvalue weighted by Gasteiger charge is 2.09. The average molecular weight is 429 g/mol. The Morgan fingerprint density at radius 2 is 1.73 bits per heavy atom. The zero-order valence-corrected chi connectivity index (χ0v) is 15.5. The summed E-state index contributed by atoms with van der Waals surface area (Å²) in [6.07, 6.45) is -0.347. The van der Waals surface area contributed by atoms with E-state index in [9.17, 15) is 5.11 Å². The summed E-state index contributed by atoms with van der Waals surface area (Å²) in [5.41, 5.74) is 2.25. The molecule has 0 saturated heterocycles. The molecule has 0 spiro atoms. The summed E-state index contributed by atoms with van der Waals surface area (Å²) >= 11 is 7.12. The summed E-state index contributed by atoms with van der Waals surface area (Å²) in [5.74, 6) is 0.795. The van der Waals surface area contributed by atoms with Crippen molar-refractivity contribution >= 4 is 31.9 Å². The minimum Gasteiger partial charge on any atom is -0.487 e. The molecule has 2 aromatic rings. The van der Waals surface area contributed by atoms with Crippen molar-refractivity contribution in [3.05, 3.63) is 62.5 Å². The summed E-state index contributed by atoms with van der Waals surface area (Å²) < 4.78 is 7.72. The van der Waals surface area contributed by atoms with E-state index in [2.05, 4.69) is 37.2 Å². The lowest BCUT2D eigenvalue weighted by atomic mass is 10.2. The van der Waals surface area contributed by atoms with Crippen LogP contribution in [0.25, 0.3) is 0 Å². The zero-order chi connectivity index (χ0) is 15.9. The Labute approximate surface area is 148 Å². The van der Waals surface area contributed by atoms with Crippen molar-refractivity contribution in [2.75, 3.05) is 6.54 Å². The highest BCUT2D eigenvalue weighted by Crippen LogP contribution is 2.35. The van der Waals surface area contributed by atoms with Crippen molar-refractivity contribution in [3.63, 3.8) is 0 Å². The number of aliphatic hydroxyl groups excluding tert-OH is 1. The predicted molar refractivity (Wildman–Crippen MR) is 96.0 cm³/mol. The smallest absolute Gasteiger partial charge is 0.148 e. The van der Waals surface area contributed by atoms with Crippen molar-refractivity contribution in [2.24, 2.45) is 0 Å². The summed E-state index contributed by atoms with van der Waals surface area (Å²) in [6.45, 7) is 3.56. The summed E-state index contributed by atoms with van der Waals surface area (Å²) in [4.78, 5) is 0. The Balaban J connectivity index is 2.00. The SMILES string of the molecule is C[C@@H](O)CNCc1cc(Br)c(OCc2ccccc2)c(Br)c1. The first-order valence-corrected chi connectivity index (χ1v) is 8.68. The van der Waals surface area contributed by atoms with E-state index in [1.165, 1.54) is 0 Å². The molecule has 0 aliphatic rings. The van der Waals surface area contributed by atoms with Gasteiger partial charge >= 0.3 is 0 Å². The lowest BCUT2D eigenvalue weighted by molar-refractivity contribution is 0.191. The number of benzene rings is 2. The molecule has 0 aromatic heterocycles. The lowest BCUT2D eigenvalue weighted by Gasteiger charge is -2.13. The molecule has 3 nitrogen and oxygen atoms in total. The van der Waals surface area contributed by atoms with E-state index in [1.54, 1.807) is 6.92 Å². The molecule has 0 radical (unpaired) electrons. The minimum absolute atomic E-state index is 0.347. The molecule has 0 bridgehead atoms. The molecule has 22 heavy (non-hydrogen) atoms. The normalized spacial score (nSPS) is 12.2. The summed E-state index contributed by atoms with van der Waals surface area (Å²) in [6, 6.07) is 14.1. The molecule has 2 N–H and O–H groups in total. The van der Waals surface area contributed by atoms with E-state index in [0.717, 1.165) is 25.8 Å². The molecule has 0 amide bonds. The maximum atomic E-state index is 9.26. The third-order valence-corrected chi connectivity index (χ3v) is 4.23. The Hall–Kier alpha value is -0.880. The highest BCUT2D eigenvalue weighted by atomic mass is 79.9. The molecule has 0 unspecified atom stereocenters. The summed E-state index contributed by atoms with van der Waals surface area (Å²) in [5, 5.41) is 12.5. The number of hydrogen-bond acceptors (Lipinski definition) is 3. The third kappa shape index (κ3) is 5.39. The van der Waals surface area contributed by atoms with E-state index < -0.39 is 0 Å². The van der Waals surface area contributed by atoms with Gasteiger partial charge in [-0.05, 0) is 62.0 Å². The highest BCUT2D eigenvalue weighted by molar-refractivity contribution is 9.11. The maximum absolute atomic E-state index is 9.26. The number of halogens is 2. The van der Waals surface area contributed by atoms with E-state index in [-0.39, 0.29) is 6.10 Å². The van der Waals surface area contributed by atoms with Crippen molar-refractivity contribution in [1.82, 2.24) is 5.32 Å². The molecule has 1 atom stereocenters. The van der Waals surface area contributed by atoms with Crippen LogP contribution in [-0.2, 0) is 13.2 Å². The van der Waals surface area contributed by atoms with Crippen LogP contribution >= 0.6 is 31.9 Å². The number of ether oxygens (including phenoxy) is 1. The Kier molecular flexibility index (Phi) is 6.89. The Morgan fingerprint density at radius 3 is 2.32 bits per heavy atom. The molecule has 0 aliphatic carbocycles. The van der Waals surface area contributed by atoms with Gasteiger partial charge in [-0.25, -0.2) is 0 Å². The predicted octanol–water partition coefficient (Wildman–Crippen LogP) is 4.26. The van der Waals surface area contributed by atoms with Gasteiger partial charge in [-0.2, -0.15) is 0 Å². The van der Waals surface area contributed by atoms with Crippen LogP contribution in [0.15, 0.2) is 51.4 Å². The average Bonchev–Trinajstić information content (AvgIpc) is 2.47. The van der Waals surface area contributed by atoms with Crippen molar-refractivity contribution in [2.45, 2.75) is 26.2 Å². The van der Waals surface area contributed by atoms with Gasteiger partial charge in [0.05, 0.1) is 15.0 Å². The van der Waals surface area contributed by atoms with Gasteiger partial charge < -0.3 is 15.2 Å². The number of hydrogen-bond donors (Lipinski definition) is 2. The molecule has 0 heterocycles. The molecule has 118 valence electrons. The standard InChI is InChI=1S/C17H19Br2NO2/c1-12(21)9-20-10-14-7-15(18)17(16(19)8-14)22-11-13-5-3-2-4-6-13/h2-8,12,20-21H,9-11H2,1H3/t12-/m1/s1. The van der Waals surface area contributed by atoms with Gasteiger partial charge in [-0.1, -0.05) is 30.3 Å². The van der Waals surface area contributed by atoms with Crippen LogP contribution in [0.2, 0.25) is 0 Å². The molecular formula is C17H19Br2NO2. The molecule has 2 aromatic carbocycles. The van der Waals surface area contributed by atoms with Crippen molar-refractivity contribution in [1.29, 1.82) is 0 Å². The Bertz CT molecular complexity index is 580. The monoisotopic (exact) mass is 427 g/mol. The first-order valence-electron chi connectivity index (χ1n) is 7.09. The fraction of sp³-hybridized carbons (Fsp3) is 0.294. The number of aliphatic hydroxyl groups is 1. The molecule has 0 saturated carbocycles. The second kappa shape index (κ2) is 8.67. The van der Waals surface area contributed by atoms with E-state index in [0.29, 0.717) is 19.7 Å². The van der Waals surface area contributed by atoms with Crippen LogP contribution in [0.3, 0.4) is 0 Å².